The van der Waals surface area contributed by atoms with Gasteiger partial charge in [0, 0.05) is 32.8 Å². The smallest absolute Gasteiger partial charge is 0.166 e. The number of aryl methyl sites for hydroxylation is 1. The Bertz CT molecular complexity index is 521. The van der Waals surface area contributed by atoms with Crippen molar-refractivity contribution >= 4 is 17.3 Å². The van der Waals surface area contributed by atoms with E-state index in [2.05, 4.69) is 27.8 Å². The second kappa shape index (κ2) is 6.89. The van der Waals surface area contributed by atoms with Crippen molar-refractivity contribution in [3.05, 3.63) is 54.1 Å². The molecule has 2 N–H and O–H groups in total. The monoisotopic (exact) mass is 274 g/mol. The van der Waals surface area contributed by atoms with Crippen LogP contribution in [0, 0.1) is 0 Å². The number of benzene rings is 1. The molecule has 0 amide bonds. The van der Waals surface area contributed by atoms with Crippen LogP contribution in [-0.2, 0) is 20.0 Å². The second-order valence-electron chi connectivity index (χ2n) is 4.38. The molecule has 1 heterocycles. The fraction of sp³-hybridized carbons (Fsp3) is 0.286. The van der Waals surface area contributed by atoms with E-state index in [1.54, 1.807) is 6.33 Å². The molecular formula is C14H18N4S. The second-order valence-corrected chi connectivity index (χ2v) is 4.78. The standard InChI is InChI=1S/C14H18N4S/c1-18-10-13(17-11-18)7-8-15-14(19)16-9-12-5-3-2-4-6-12/h2-6,10-11H,7-9H2,1H3,(H2,15,16,19). The first-order chi connectivity index (χ1) is 9.24. The van der Waals surface area contributed by atoms with E-state index in [9.17, 15) is 0 Å². The van der Waals surface area contributed by atoms with Crippen LogP contribution in [-0.4, -0.2) is 21.2 Å². The Kier molecular flexibility index (Phi) is 4.92. The van der Waals surface area contributed by atoms with Crippen LogP contribution in [0.4, 0.5) is 0 Å². The highest BCUT2D eigenvalue weighted by Crippen LogP contribution is 1.97. The summed E-state index contributed by atoms with van der Waals surface area (Å²) in [7, 11) is 1.97. The molecule has 19 heavy (non-hydrogen) atoms. The molecule has 0 saturated heterocycles. The van der Waals surface area contributed by atoms with E-state index < -0.39 is 0 Å². The molecule has 0 bridgehead atoms. The first-order valence-electron chi connectivity index (χ1n) is 6.26. The van der Waals surface area contributed by atoms with Crippen LogP contribution >= 0.6 is 12.2 Å². The van der Waals surface area contributed by atoms with Crippen molar-refractivity contribution in [1.82, 2.24) is 20.2 Å². The zero-order valence-corrected chi connectivity index (χ0v) is 11.8. The molecule has 0 aliphatic carbocycles. The number of rotatable bonds is 5. The number of nitrogens with one attached hydrogen (secondary N) is 2. The molecular weight excluding hydrogens is 256 g/mol. The van der Waals surface area contributed by atoms with Gasteiger partial charge in [-0.3, -0.25) is 0 Å². The largest absolute Gasteiger partial charge is 0.362 e. The lowest BCUT2D eigenvalue weighted by Gasteiger charge is -2.09. The highest BCUT2D eigenvalue weighted by Gasteiger charge is 1.98. The summed E-state index contributed by atoms with van der Waals surface area (Å²) in [5.41, 5.74) is 2.29. The van der Waals surface area contributed by atoms with Crippen molar-refractivity contribution in [2.75, 3.05) is 6.54 Å². The van der Waals surface area contributed by atoms with Gasteiger partial charge in [0.05, 0.1) is 12.0 Å². The van der Waals surface area contributed by atoms with Crippen molar-refractivity contribution in [2.45, 2.75) is 13.0 Å². The van der Waals surface area contributed by atoms with Crippen LogP contribution in [0.15, 0.2) is 42.9 Å². The molecule has 0 radical (unpaired) electrons. The summed E-state index contributed by atoms with van der Waals surface area (Å²) in [6.45, 7) is 1.54. The maximum Gasteiger partial charge on any atom is 0.166 e. The fourth-order valence-electron chi connectivity index (χ4n) is 1.74. The minimum Gasteiger partial charge on any atom is -0.362 e. The third-order valence-corrected chi connectivity index (χ3v) is 3.01. The van der Waals surface area contributed by atoms with E-state index in [-0.39, 0.29) is 0 Å². The summed E-state index contributed by atoms with van der Waals surface area (Å²) < 4.78 is 1.95. The van der Waals surface area contributed by atoms with Crippen LogP contribution in [0.1, 0.15) is 11.3 Å². The zero-order valence-electron chi connectivity index (χ0n) is 11.0. The average Bonchev–Trinajstić information content (AvgIpc) is 2.83. The van der Waals surface area contributed by atoms with Gasteiger partial charge in [-0.05, 0) is 17.8 Å². The number of thiocarbonyl (C=S) groups is 1. The van der Waals surface area contributed by atoms with Gasteiger partial charge >= 0.3 is 0 Å². The summed E-state index contributed by atoms with van der Waals surface area (Å²) in [6, 6.07) is 10.2. The van der Waals surface area contributed by atoms with E-state index in [0.717, 1.165) is 25.2 Å². The van der Waals surface area contributed by atoms with Crippen molar-refractivity contribution in [3.8, 4) is 0 Å². The predicted molar refractivity (Wildman–Crippen MR) is 80.8 cm³/mol. The first-order valence-corrected chi connectivity index (χ1v) is 6.67. The molecule has 0 aliphatic heterocycles. The molecule has 5 heteroatoms. The third kappa shape index (κ3) is 4.71. The van der Waals surface area contributed by atoms with Crippen molar-refractivity contribution in [1.29, 1.82) is 0 Å². The van der Waals surface area contributed by atoms with Gasteiger partial charge in [0.15, 0.2) is 5.11 Å². The van der Waals surface area contributed by atoms with Crippen LogP contribution in [0.3, 0.4) is 0 Å². The summed E-state index contributed by atoms with van der Waals surface area (Å²) in [4.78, 5) is 4.27. The van der Waals surface area contributed by atoms with Gasteiger partial charge in [-0.25, -0.2) is 4.98 Å². The Morgan fingerprint density at radius 3 is 2.74 bits per heavy atom. The van der Waals surface area contributed by atoms with E-state index in [1.807, 2.05) is 36.0 Å². The van der Waals surface area contributed by atoms with Crippen molar-refractivity contribution in [3.63, 3.8) is 0 Å². The van der Waals surface area contributed by atoms with Crippen molar-refractivity contribution < 1.29 is 0 Å². The lowest BCUT2D eigenvalue weighted by atomic mass is 10.2. The van der Waals surface area contributed by atoms with Gasteiger partial charge in [0.1, 0.15) is 0 Å². The number of hydrogen-bond donors (Lipinski definition) is 2. The molecule has 1 aromatic carbocycles. The van der Waals surface area contributed by atoms with E-state index in [4.69, 9.17) is 12.2 Å². The SMILES string of the molecule is Cn1cnc(CCNC(=S)NCc2ccccc2)c1. The molecule has 0 atom stereocenters. The minimum absolute atomic E-state index is 0.680. The Morgan fingerprint density at radius 1 is 1.26 bits per heavy atom. The van der Waals surface area contributed by atoms with Crippen LogP contribution in [0.2, 0.25) is 0 Å². The van der Waals surface area contributed by atoms with Gasteiger partial charge in [-0.1, -0.05) is 30.3 Å². The summed E-state index contributed by atoms with van der Waals surface area (Å²) in [5.74, 6) is 0. The van der Waals surface area contributed by atoms with Crippen molar-refractivity contribution in [2.24, 2.45) is 7.05 Å². The predicted octanol–water partition coefficient (Wildman–Crippen LogP) is 1.63. The molecule has 0 spiro atoms. The number of imidazole rings is 1. The quantitative estimate of drug-likeness (QED) is 0.813. The van der Waals surface area contributed by atoms with Crippen LogP contribution < -0.4 is 10.6 Å². The molecule has 4 nitrogen and oxygen atoms in total. The molecule has 100 valence electrons. The molecule has 0 saturated carbocycles. The average molecular weight is 274 g/mol. The molecule has 1 aromatic heterocycles. The lowest BCUT2D eigenvalue weighted by molar-refractivity contribution is 0.804. The van der Waals surface area contributed by atoms with Crippen LogP contribution in [0.5, 0.6) is 0 Å². The van der Waals surface area contributed by atoms with E-state index >= 15 is 0 Å². The summed E-state index contributed by atoms with van der Waals surface area (Å²) >= 11 is 5.23. The number of aromatic nitrogens is 2. The zero-order chi connectivity index (χ0) is 13.5. The molecule has 0 unspecified atom stereocenters. The first kappa shape index (κ1) is 13.5. The maximum atomic E-state index is 5.23. The Balaban J connectivity index is 1.65. The Morgan fingerprint density at radius 2 is 2.05 bits per heavy atom. The van der Waals surface area contributed by atoms with Gasteiger partial charge in [0.25, 0.3) is 0 Å². The highest BCUT2D eigenvalue weighted by atomic mass is 32.1. The van der Waals surface area contributed by atoms with Crippen LogP contribution in [0.25, 0.3) is 0 Å². The van der Waals surface area contributed by atoms with E-state index in [1.165, 1.54) is 5.56 Å². The van der Waals surface area contributed by atoms with Gasteiger partial charge in [-0.2, -0.15) is 0 Å². The molecule has 0 aliphatic rings. The van der Waals surface area contributed by atoms with Gasteiger partial charge < -0.3 is 15.2 Å². The normalized spacial score (nSPS) is 10.2. The molecule has 0 fully saturated rings. The number of hydrogen-bond acceptors (Lipinski definition) is 2. The Labute approximate surface area is 118 Å². The fourth-order valence-corrected chi connectivity index (χ4v) is 1.92. The summed E-state index contributed by atoms with van der Waals surface area (Å²) in [6.07, 6.45) is 4.69. The topological polar surface area (TPSA) is 41.9 Å². The van der Waals surface area contributed by atoms with E-state index in [0.29, 0.717) is 5.11 Å². The summed E-state index contributed by atoms with van der Waals surface area (Å²) in [5, 5.41) is 7.05. The van der Waals surface area contributed by atoms with Gasteiger partial charge in [0.2, 0.25) is 0 Å². The molecule has 2 rings (SSSR count). The highest BCUT2D eigenvalue weighted by molar-refractivity contribution is 7.80. The maximum absolute atomic E-state index is 5.23. The lowest BCUT2D eigenvalue weighted by Crippen LogP contribution is -2.35. The number of nitrogens with zero attached hydrogens (tertiary/aromatic N) is 2. The molecule has 2 aromatic rings. The third-order valence-electron chi connectivity index (χ3n) is 2.72. The Hall–Kier alpha value is -1.88. The van der Waals surface area contributed by atoms with Gasteiger partial charge in [-0.15, -0.1) is 0 Å². The minimum atomic E-state index is 0.680.